The van der Waals surface area contributed by atoms with Crippen molar-refractivity contribution in [3.63, 3.8) is 0 Å². The highest BCUT2D eigenvalue weighted by Gasteiger charge is 2.48. The molecule has 0 bridgehead atoms. The minimum Gasteiger partial charge on any atom is -0.481 e. The van der Waals surface area contributed by atoms with E-state index < -0.39 is 87.9 Å². The number of carbonyl (C=O) groups is 3. The van der Waals surface area contributed by atoms with Gasteiger partial charge in [0.25, 0.3) is 5.97 Å². The smallest absolute Gasteiger partial charge is 0.472 e. The topological polar surface area (TPSA) is 285 Å². The van der Waals surface area contributed by atoms with Crippen LogP contribution in [-0.4, -0.2) is 133 Å². The highest BCUT2D eigenvalue weighted by molar-refractivity contribution is 7.47. The van der Waals surface area contributed by atoms with Crippen LogP contribution in [0.1, 0.15) is 6.92 Å². The summed E-state index contributed by atoms with van der Waals surface area (Å²) in [6, 6.07) is 0. The van der Waals surface area contributed by atoms with Crippen molar-refractivity contribution in [1.82, 2.24) is 9.80 Å². The molecule has 0 radical (unpaired) electrons. The van der Waals surface area contributed by atoms with Gasteiger partial charge in [0.2, 0.25) is 11.8 Å². The lowest BCUT2D eigenvalue weighted by molar-refractivity contribution is -0.134. The van der Waals surface area contributed by atoms with Crippen LogP contribution in [0.15, 0.2) is 47.9 Å². The number of nitrogens with zero attached hydrogens (tertiary/aromatic N) is 2. The molecule has 0 unspecified atom stereocenters. The lowest BCUT2D eigenvalue weighted by Crippen LogP contribution is -2.43. The molecule has 19 heteroatoms. The van der Waals surface area contributed by atoms with E-state index in [1.165, 1.54) is 46.5 Å². The van der Waals surface area contributed by atoms with Gasteiger partial charge in [0, 0.05) is 30.5 Å². The Bertz CT molecular complexity index is 1140. The molecule has 2 amide bonds. The zero-order valence-corrected chi connectivity index (χ0v) is 23.8. The number of aliphatic hydroxyl groups is 4. The Hall–Kier alpha value is -3.16. The number of rotatable bonds is 10. The first kappa shape index (κ1) is 34.3. The summed E-state index contributed by atoms with van der Waals surface area (Å²) in [5.74, 6) is -2.16. The molecule has 0 aromatic heterocycles. The zero-order chi connectivity index (χ0) is 32.1. The van der Waals surface area contributed by atoms with Crippen LogP contribution in [0.5, 0.6) is 0 Å². The van der Waals surface area contributed by atoms with E-state index in [1.54, 1.807) is 0 Å². The van der Waals surface area contributed by atoms with E-state index in [0.29, 0.717) is 0 Å². The third-order valence-corrected chi connectivity index (χ3v) is 7.57. The van der Waals surface area contributed by atoms with E-state index in [0.717, 1.165) is 6.92 Å². The van der Waals surface area contributed by atoms with Gasteiger partial charge >= 0.3 is 7.82 Å². The number of phosphoric acid groups is 1. The number of aliphatic hydroxyl groups excluding tert-OH is 4. The van der Waals surface area contributed by atoms with E-state index >= 15 is 0 Å². The molecular weight excluding hydrogens is 599 g/mol. The second kappa shape index (κ2) is 14.5. The second-order valence-electron chi connectivity index (χ2n) is 9.81. The molecule has 0 saturated carbocycles. The van der Waals surface area contributed by atoms with E-state index in [9.17, 15) is 39.5 Å². The van der Waals surface area contributed by atoms with Gasteiger partial charge in [0.15, 0.2) is 12.5 Å². The van der Waals surface area contributed by atoms with Gasteiger partial charge in [-0.25, -0.2) is 4.57 Å². The number of carboxylic acids is 1. The SMILES string of the molecule is CC(=O)O.NC(=O)C1=CC=CN([C@@H]2O[C@H](COP(=O)(O)OC[C@H]3O[C@@H](N4C=CC=C(C(N)=O)C4)[C@H](O)[C@@H]3O)[C@@H](O)[C@H]2O)C1. The van der Waals surface area contributed by atoms with Crippen molar-refractivity contribution in [3.8, 4) is 0 Å². The van der Waals surface area contributed by atoms with Crippen molar-refractivity contribution >= 4 is 25.6 Å². The van der Waals surface area contributed by atoms with Gasteiger partial charge < -0.3 is 61.2 Å². The molecule has 2 fully saturated rings. The summed E-state index contributed by atoms with van der Waals surface area (Å²) < 4.78 is 33.5. The number of hydrogen-bond acceptors (Lipinski definition) is 14. The van der Waals surface area contributed by atoms with Crippen molar-refractivity contribution < 1.29 is 67.9 Å². The van der Waals surface area contributed by atoms with Crippen LogP contribution in [0.3, 0.4) is 0 Å². The quantitative estimate of drug-likeness (QED) is 0.109. The second-order valence-corrected chi connectivity index (χ2v) is 11.3. The first-order chi connectivity index (χ1) is 20.1. The normalized spacial score (nSPS) is 33.3. The summed E-state index contributed by atoms with van der Waals surface area (Å²) in [6.07, 6.45) is -1.46. The molecule has 4 rings (SSSR count). The number of ether oxygens (including phenoxy) is 2. The van der Waals surface area contributed by atoms with Crippen molar-refractivity contribution in [1.29, 1.82) is 0 Å². The molecule has 4 heterocycles. The Morgan fingerprint density at radius 1 is 0.837 bits per heavy atom. The molecule has 240 valence electrons. The van der Waals surface area contributed by atoms with Gasteiger partial charge in [-0.15, -0.1) is 0 Å². The van der Waals surface area contributed by atoms with Gasteiger partial charge in [0.1, 0.15) is 36.6 Å². The number of hydrogen-bond donors (Lipinski definition) is 8. The highest BCUT2D eigenvalue weighted by atomic mass is 31.2. The Morgan fingerprint density at radius 3 is 1.51 bits per heavy atom. The number of primary amides is 2. The average molecular weight is 635 g/mol. The molecule has 0 aliphatic carbocycles. The Kier molecular flexibility index (Phi) is 11.6. The number of allylic oxidation sites excluding steroid dienone is 4. The minimum atomic E-state index is -4.78. The van der Waals surface area contributed by atoms with E-state index in [4.69, 9.17) is 39.9 Å². The summed E-state index contributed by atoms with van der Waals surface area (Å²) in [7, 11) is -4.78. The number of carbonyl (C=O) groups excluding carboxylic acids is 2. The molecule has 4 aliphatic rings. The number of carboxylic acid groups (broad SMARTS) is 1. The predicted molar refractivity (Wildman–Crippen MR) is 143 cm³/mol. The van der Waals surface area contributed by atoms with E-state index in [1.807, 2.05) is 0 Å². The molecule has 43 heavy (non-hydrogen) atoms. The van der Waals surface area contributed by atoms with Crippen LogP contribution in [0.2, 0.25) is 0 Å². The van der Waals surface area contributed by atoms with Gasteiger partial charge in [-0.2, -0.15) is 0 Å². The van der Waals surface area contributed by atoms with Gasteiger partial charge in [-0.3, -0.25) is 23.4 Å². The first-order valence-corrected chi connectivity index (χ1v) is 14.3. The van der Waals surface area contributed by atoms with Gasteiger partial charge in [-0.1, -0.05) is 12.2 Å². The number of phosphoric ester groups is 1. The average Bonchev–Trinajstić information content (AvgIpc) is 3.40. The Balaban J connectivity index is 0.00000119. The summed E-state index contributed by atoms with van der Waals surface area (Å²) in [6.45, 7) is -0.198. The maximum Gasteiger partial charge on any atom is 0.472 e. The zero-order valence-electron chi connectivity index (χ0n) is 22.9. The largest absolute Gasteiger partial charge is 0.481 e. The van der Waals surface area contributed by atoms with Crippen LogP contribution < -0.4 is 11.5 Å². The molecule has 0 aromatic carbocycles. The van der Waals surface area contributed by atoms with Crippen molar-refractivity contribution in [3.05, 3.63) is 47.9 Å². The summed E-state index contributed by atoms with van der Waals surface area (Å²) in [5, 5.41) is 48.9. The summed E-state index contributed by atoms with van der Waals surface area (Å²) in [5.41, 5.74) is 11.1. The van der Waals surface area contributed by atoms with Crippen LogP contribution in [-0.2, 0) is 37.5 Å². The van der Waals surface area contributed by atoms with Crippen LogP contribution in [0, 0.1) is 0 Å². The fraction of sp³-hybridized carbons (Fsp3) is 0.542. The summed E-state index contributed by atoms with van der Waals surface area (Å²) >= 11 is 0. The van der Waals surface area contributed by atoms with Crippen LogP contribution in [0.4, 0.5) is 0 Å². The molecule has 18 nitrogen and oxygen atoms in total. The monoisotopic (exact) mass is 634 g/mol. The maximum absolute atomic E-state index is 12.5. The Labute approximate surface area is 245 Å². The van der Waals surface area contributed by atoms with Crippen molar-refractivity contribution in [2.75, 3.05) is 26.3 Å². The molecule has 8 atom stereocenters. The van der Waals surface area contributed by atoms with Crippen LogP contribution in [0.25, 0.3) is 0 Å². The first-order valence-electron chi connectivity index (χ1n) is 12.8. The third kappa shape index (κ3) is 8.93. The third-order valence-electron chi connectivity index (χ3n) is 6.62. The fourth-order valence-electron chi connectivity index (χ4n) is 4.47. The van der Waals surface area contributed by atoms with Crippen molar-refractivity contribution in [2.45, 2.75) is 56.0 Å². The number of aliphatic carboxylic acids is 1. The fourth-order valence-corrected chi connectivity index (χ4v) is 5.21. The molecule has 0 aromatic rings. The molecule has 2 saturated heterocycles. The number of nitrogens with two attached hydrogens (primary N) is 2. The molecule has 0 spiro atoms. The van der Waals surface area contributed by atoms with Crippen molar-refractivity contribution in [2.24, 2.45) is 11.5 Å². The minimum absolute atomic E-state index is 0.0133. The maximum atomic E-state index is 12.5. The standard InChI is InChI=1S/C22H31N4O12P.C2H4O2/c23-19(31)11-3-1-5-25(7-11)21-17(29)15(27)13(37-21)9-35-39(33,34)36-10-14-16(28)18(30)22(38-14)26-6-2-4-12(8-26)20(24)32;1-2(3)4/h1-6,13-18,21-22,27-30H,7-10H2,(H2,23,31)(H2,24,32)(H,33,34);1H3,(H,3,4)/t13-,14-,15-,16-,17-,18-,21-,22-;/m1./s1. The lowest BCUT2D eigenvalue weighted by atomic mass is 10.1. The molecular formula is C24H35N4O14P. The molecule has 10 N–H and O–H groups in total. The van der Waals surface area contributed by atoms with E-state index in [2.05, 4.69) is 0 Å². The summed E-state index contributed by atoms with van der Waals surface area (Å²) in [4.78, 5) is 44.9. The number of amides is 2. The van der Waals surface area contributed by atoms with Gasteiger partial charge in [0.05, 0.1) is 26.3 Å². The van der Waals surface area contributed by atoms with Crippen LogP contribution >= 0.6 is 7.82 Å². The van der Waals surface area contributed by atoms with Gasteiger partial charge in [-0.05, 0) is 12.2 Å². The Morgan fingerprint density at radius 2 is 1.19 bits per heavy atom. The highest BCUT2D eigenvalue weighted by Crippen LogP contribution is 2.45. The predicted octanol–water partition coefficient (Wildman–Crippen LogP) is -3.41. The van der Waals surface area contributed by atoms with E-state index in [-0.39, 0.29) is 24.2 Å². The molecule has 4 aliphatic heterocycles. The lowest BCUT2D eigenvalue weighted by Gasteiger charge is -2.31.